The minimum absolute atomic E-state index is 0.622. The van der Waals surface area contributed by atoms with Crippen LogP contribution < -0.4 is 0 Å². The molecule has 0 amide bonds. The molecule has 0 saturated carbocycles. The summed E-state index contributed by atoms with van der Waals surface area (Å²) in [6, 6.07) is 11.9. The third-order valence-corrected chi connectivity index (χ3v) is 6.81. The molecule has 0 saturated heterocycles. The van der Waals surface area contributed by atoms with Crippen molar-refractivity contribution in [3.8, 4) is 23.8 Å². The molecule has 152 valence electrons. The van der Waals surface area contributed by atoms with Gasteiger partial charge in [-0.05, 0) is 49.1 Å². The van der Waals surface area contributed by atoms with Crippen molar-refractivity contribution >= 4 is 8.07 Å². The molecule has 1 rings (SSSR count). The van der Waals surface area contributed by atoms with Crippen LogP contribution in [0.1, 0.15) is 57.9 Å². The molecule has 1 heteroatoms. The number of terminal acetylenes is 1. The summed E-state index contributed by atoms with van der Waals surface area (Å²) in [7, 11) is -1.41. The highest BCUT2D eigenvalue weighted by Crippen LogP contribution is 2.12. The van der Waals surface area contributed by atoms with Gasteiger partial charge in [-0.15, -0.1) is 37.0 Å². The van der Waals surface area contributed by atoms with E-state index in [0.717, 1.165) is 25.3 Å². The van der Waals surface area contributed by atoms with Gasteiger partial charge in [0.15, 0.2) is 0 Å². The highest BCUT2D eigenvalue weighted by atomic mass is 28.3. The fourth-order valence-electron chi connectivity index (χ4n) is 2.73. The monoisotopic (exact) mass is 392 g/mol. The largest absolute Gasteiger partial charge is 0.136 e. The van der Waals surface area contributed by atoms with Gasteiger partial charge in [-0.1, -0.05) is 69.4 Å². The van der Waals surface area contributed by atoms with Gasteiger partial charge in [0.1, 0.15) is 8.07 Å². The third kappa shape index (κ3) is 15.1. The van der Waals surface area contributed by atoms with Crippen molar-refractivity contribution in [2.75, 3.05) is 0 Å². The predicted molar refractivity (Wildman–Crippen MR) is 131 cm³/mol. The van der Waals surface area contributed by atoms with Crippen LogP contribution in [-0.2, 0) is 6.04 Å². The Balaban J connectivity index is 0.000000684. The number of allylic oxidation sites excluding steroid dienone is 2. The van der Waals surface area contributed by atoms with E-state index in [1.54, 1.807) is 0 Å². The van der Waals surface area contributed by atoms with Gasteiger partial charge in [0.05, 0.1) is 0 Å². The van der Waals surface area contributed by atoms with E-state index in [2.05, 4.69) is 87.8 Å². The highest BCUT2D eigenvalue weighted by molar-refractivity contribution is 6.84. The summed E-state index contributed by atoms with van der Waals surface area (Å²) in [6.07, 6.45) is 15.7. The average Bonchev–Trinajstić information content (AvgIpc) is 2.68. The van der Waals surface area contributed by atoms with Gasteiger partial charge in [-0.3, -0.25) is 0 Å². The second-order valence-corrected chi connectivity index (χ2v) is 12.6. The Morgan fingerprint density at radius 2 is 1.50 bits per heavy atom. The summed E-state index contributed by atoms with van der Waals surface area (Å²) in [5.41, 5.74) is 4.99. The standard InChI is InChI=1S/C18H26Si.C9H14/c1-5-17(2)12-8-7-11-15-19(3,4)16-18-13-9-6-10-14-18;1-4-6-7-8-9(3)5-2/h5-6,9-10,13-14,17H,1,7-8,12,16H2,2-4H3;1,5,9H,2,6-8H2,3H3/t17-;9-/m00/s1. The minimum atomic E-state index is -1.41. The average molecular weight is 393 g/mol. The first kappa shape index (κ1) is 26.0. The summed E-state index contributed by atoms with van der Waals surface area (Å²) >= 11 is 0. The van der Waals surface area contributed by atoms with Crippen LogP contribution in [0, 0.1) is 35.6 Å². The molecule has 1 aromatic carbocycles. The van der Waals surface area contributed by atoms with Crippen molar-refractivity contribution in [1.29, 1.82) is 0 Å². The van der Waals surface area contributed by atoms with Gasteiger partial charge in [-0.2, -0.15) is 0 Å². The molecule has 0 aliphatic carbocycles. The van der Waals surface area contributed by atoms with Gasteiger partial charge < -0.3 is 0 Å². The Labute approximate surface area is 176 Å². The summed E-state index contributed by atoms with van der Waals surface area (Å²) in [5.74, 6) is 7.26. The van der Waals surface area contributed by atoms with Crippen LogP contribution in [-0.4, -0.2) is 8.07 Å². The van der Waals surface area contributed by atoms with E-state index in [4.69, 9.17) is 6.42 Å². The number of rotatable bonds is 10. The Kier molecular flexibility index (Phi) is 14.9. The zero-order chi connectivity index (χ0) is 21.3. The molecule has 0 unspecified atom stereocenters. The lowest BCUT2D eigenvalue weighted by Gasteiger charge is -2.14. The lowest BCUT2D eigenvalue weighted by molar-refractivity contribution is 0.617. The molecule has 0 spiro atoms. The topological polar surface area (TPSA) is 0 Å². The normalized spacial score (nSPS) is 12.2. The first-order chi connectivity index (χ1) is 13.3. The van der Waals surface area contributed by atoms with Gasteiger partial charge in [0.25, 0.3) is 0 Å². The number of hydrogen-bond donors (Lipinski definition) is 0. The van der Waals surface area contributed by atoms with Crippen molar-refractivity contribution in [1.82, 2.24) is 0 Å². The molecule has 0 aliphatic heterocycles. The molecule has 1 aromatic rings. The zero-order valence-electron chi connectivity index (χ0n) is 18.6. The van der Waals surface area contributed by atoms with Crippen LogP contribution in [0.3, 0.4) is 0 Å². The molecular weight excluding hydrogens is 352 g/mol. The molecule has 0 radical (unpaired) electrons. The molecular formula is C27H40Si. The van der Waals surface area contributed by atoms with Gasteiger partial charge >= 0.3 is 0 Å². The van der Waals surface area contributed by atoms with Gasteiger partial charge in [-0.25, -0.2) is 0 Å². The summed E-state index contributed by atoms with van der Waals surface area (Å²) in [6.45, 7) is 16.6. The van der Waals surface area contributed by atoms with Crippen LogP contribution in [0.25, 0.3) is 0 Å². The molecule has 0 aliphatic rings. The third-order valence-electron chi connectivity index (χ3n) is 4.66. The van der Waals surface area contributed by atoms with Crippen molar-refractivity contribution in [3.63, 3.8) is 0 Å². The van der Waals surface area contributed by atoms with E-state index in [0.29, 0.717) is 11.8 Å². The predicted octanol–water partition coefficient (Wildman–Crippen LogP) is 7.62. The fraction of sp³-hybridized carbons (Fsp3) is 0.481. The van der Waals surface area contributed by atoms with Crippen LogP contribution in [0.4, 0.5) is 0 Å². The van der Waals surface area contributed by atoms with Crippen molar-refractivity contribution < 1.29 is 0 Å². The van der Waals surface area contributed by atoms with E-state index in [9.17, 15) is 0 Å². The quantitative estimate of drug-likeness (QED) is 0.166. The lowest BCUT2D eigenvalue weighted by Crippen LogP contribution is -2.27. The fourth-order valence-corrected chi connectivity index (χ4v) is 4.67. The van der Waals surface area contributed by atoms with Crippen LogP contribution >= 0.6 is 0 Å². The SMILES string of the molecule is C#CCCC[C@@H](C)C=C.C=C[C@H](C)CCCC#C[Si](C)(C)Cc1ccccc1. The minimum Gasteiger partial charge on any atom is -0.131 e. The second-order valence-electron chi connectivity index (χ2n) is 8.26. The zero-order valence-corrected chi connectivity index (χ0v) is 19.6. The van der Waals surface area contributed by atoms with Crippen molar-refractivity contribution in [2.45, 2.75) is 71.5 Å². The van der Waals surface area contributed by atoms with E-state index in [-0.39, 0.29) is 0 Å². The maximum Gasteiger partial charge on any atom is 0.136 e. The number of benzene rings is 1. The van der Waals surface area contributed by atoms with E-state index >= 15 is 0 Å². The molecule has 0 N–H and O–H groups in total. The molecule has 28 heavy (non-hydrogen) atoms. The van der Waals surface area contributed by atoms with Crippen molar-refractivity contribution in [2.24, 2.45) is 11.8 Å². The number of hydrogen-bond acceptors (Lipinski definition) is 0. The van der Waals surface area contributed by atoms with Crippen LogP contribution in [0.2, 0.25) is 13.1 Å². The Morgan fingerprint density at radius 3 is 2.00 bits per heavy atom. The van der Waals surface area contributed by atoms with Gasteiger partial charge in [0.2, 0.25) is 0 Å². The number of unbranched alkanes of at least 4 members (excludes halogenated alkanes) is 2. The summed E-state index contributed by atoms with van der Waals surface area (Å²) < 4.78 is 0. The Bertz CT molecular complexity index is 636. The van der Waals surface area contributed by atoms with E-state index in [1.165, 1.54) is 24.8 Å². The second kappa shape index (κ2) is 16.0. The summed E-state index contributed by atoms with van der Waals surface area (Å²) in [4.78, 5) is 0. The van der Waals surface area contributed by atoms with Gasteiger partial charge in [0, 0.05) is 12.8 Å². The molecule has 2 atom stereocenters. The summed E-state index contributed by atoms with van der Waals surface area (Å²) in [5, 5.41) is 0. The highest BCUT2D eigenvalue weighted by Gasteiger charge is 2.18. The Morgan fingerprint density at radius 1 is 0.964 bits per heavy atom. The van der Waals surface area contributed by atoms with E-state index < -0.39 is 8.07 Å². The Hall–Kier alpha value is -1.96. The molecule has 0 fully saturated rings. The first-order valence-corrected chi connectivity index (χ1v) is 13.8. The molecule has 0 nitrogen and oxygen atoms in total. The molecule has 0 aromatic heterocycles. The van der Waals surface area contributed by atoms with Crippen LogP contribution in [0.15, 0.2) is 55.6 Å². The maximum atomic E-state index is 5.08. The molecule has 0 heterocycles. The lowest BCUT2D eigenvalue weighted by atomic mass is 10.1. The first-order valence-electron chi connectivity index (χ1n) is 10.6. The van der Waals surface area contributed by atoms with E-state index in [1.807, 2.05) is 12.2 Å². The molecule has 0 bridgehead atoms. The maximum absolute atomic E-state index is 5.08. The smallest absolute Gasteiger partial charge is 0.131 e. The van der Waals surface area contributed by atoms with Crippen LogP contribution in [0.5, 0.6) is 0 Å². The van der Waals surface area contributed by atoms with Crippen molar-refractivity contribution in [3.05, 3.63) is 61.2 Å².